The number of fused-ring (bicyclic) bond motifs is 1. The highest BCUT2D eigenvalue weighted by molar-refractivity contribution is 5.82. The zero-order chi connectivity index (χ0) is 17.1. The highest BCUT2D eigenvalue weighted by Crippen LogP contribution is 2.26. The lowest BCUT2D eigenvalue weighted by atomic mass is 9.89. The van der Waals surface area contributed by atoms with E-state index in [2.05, 4.69) is 15.4 Å². The van der Waals surface area contributed by atoms with Crippen molar-refractivity contribution in [3.63, 3.8) is 0 Å². The maximum Gasteiger partial charge on any atom is 0.237 e. The summed E-state index contributed by atoms with van der Waals surface area (Å²) in [4.78, 5) is 14.9. The molecule has 1 saturated carbocycles. The normalized spacial score (nSPS) is 25.0. The first-order valence-corrected chi connectivity index (χ1v) is 9.87. The Labute approximate surface area is 149 Å². The third kappa shape index (κ3) is 3.90. The number of amides is 1. The van der Waals surface area contributed by atoms with E-state index >= 15 is 0 Å². The van der Waals surface area contributed by atoms with Crippen molar-refractivity contribution in [2.75, 3.05) is 19.7 Å². The topological polar surface area (TPSA) is 67.6 Å². The van der Waals surface area contributed by atoms with Gasteiger partial charge in [0.1, 0.15) is 11.5 Å². The number of rotatable bonds is 5. The zero-order valence-electron chi connectivity index (χ0n) is 15.0. The van der Waals surface area contributed by atoms with Gasteiger partial charge in [0.2, 0.25) is 5.91 Å². The number of likely N-dealkylation sites (tertiary alicyclic amines) is 1. The van der Waals surface area contributed by atoms with Gasteiger partial charge in [-0.3, -0.25) is 9.69 Å². The van der Waals surface area contributed by atoms with E-state index in [1.807, 2.05) is 0 Å². The molecule has 3 aliphatic rings. The number of hydrogen-bond acceptors (Lipinski definition) is 5. The summed E-state index contributed by atoms with van der Waals surface area (Å²) in [5.74, 6) is 1.82. The smallest absolute Gasteiger partial charge is 0.237 e. The molecule has 1 N–H and O–H groups in total. The molecule has 1 unspecified atom stereocenters. The van der Waals surface area contributed by atoms with Crippen molar-refractivity contribution in [1.29, 1.82) is 0 Å². The van der Waals surface area contributed by atoms with Crippen molar-refractivity contribution in [1.82, 2.24) is 15.4 Å². The molecule has 25 heavy (non-hydrogen) atoms. The number of carbonyl (C=O) groups is 1. The Hall–Kier alpha value is -1.40. The molecule has 0 radical (unpaired) electrons. The van der Waals surface area contributed by atoms with Crippen molar-refractivity contribution in [3.05, 3.63) is 17.0 Å². The van der Waals surface area contributed by atoms with Gasteiger partial charge in [0, 0.05) is 25.1 Å². The summed E-state index contributed by atoms with van der Waals surface area (Å²) in [5, 5.41) is 7.46. The van der Waals surface area contributed by atoms with Gasteiger partial charge < -0.3 is 14.6 Å². The molecule has 3 heterocycles. The van der Waals surface area contributed by atoms with E-state index in [4.69, 9.17) is 9.26 Å². The van der Waals surface area contributed by atoms with Crippen molar-refractivity contribution in [2.45, 2.75) is 70.6 Å². The first-order chi connectivity index (χ1) is 12.3. The lowest BCUT2D eigenvalue weighted by Gasteiger charge is -2.26. The summed E-state index contributed by atoms with van der Waals surface area (Å²) in [5.41, 5.74) is 2.04. The molecule has 1 amide bonds. The summed E-state index contributed by atoms with van der Waals surface area (Å²) in [6.45, 7) is 3.77. The van der Waals surface area contributed by atoms with Gasteiger partial charge in [-0.05, 0) is 38.1 Å². The Bertz CT molecular complexity index is 595. The molecule has 1 aliphatic carbocycles. The minimum Gasteiger partial charge on any atom is -0.376 e. The summed E-state index contributed by atoms with van der Waals surface area (Å²) in [7, 11) is 0. The molecule has 1 aromatic heterocycles. The van der Waals surface area contributed by atoms with Crippen LogP contribution in [0.1, 0.15) is 62.0 Å². The highest BCUT2D eigenvalue weighted by Gasteiger charge is 2.33. The van der Waals surface area contributed by atoms with Gasteiger partial charge in [0.05, 0.1) is 19.3 Å². The van der Waals surface area contributed by atoms with Crippen LogP contribution in [0.4, 0.5) is 0 Å². The van der Waals surface area contributed by atoms with E-state index in [0.717, 1.165) is 49.4 Å². The Morgan fingerprint density at radius 2 is 2.08 bits per heavy atom. The van der Waals surface area contributed by atoms with Gasteiger partial charge >= 0.3 is 0 Å². The summed E-state index contributed by atoms with van der Waals surface area (Å²) in [6, 6.07) is -0.0274. The molecule has 6 heteroatoms. The maximum absolute atomic E-state index is 12.7. The van der Waals surface area contributed by atoms with Gasteiger partial charge in [-0.1, -0.05) is 24.4 Å². The second-order valence-electron chi connectivity index (χ2n) is 7.71. The second kappa shape index (κ2) is 7.87. The molecule has 1 atom stereocenters. The zero-order valence-corrected chi connectivity index (χ0v) is 15.0. The molecule has 1 aromatic rings. The molecule has 0 bridgehead atoms. The Balaban J connectivity index is 1.33. The number of nitrogens with zero attached hydrogens (tertiary/aromatic N) is 2. The van der Waals surface area contributed by atoms with Crippen LogP contribution in [-0.4, -0.2) is 41.7 Å². The lowest BCUT2D eigenvalue weighted by molar-refractivity contribution is -0.125. The van der Waals surface area contributed by atoms with Crippen LogP contribution >= 0.6 is 0 Å². The van der Waals surface area contributed by atoms with Gasteiger partial charge in [0.25, 0.3) is 0 Å². The molecule has 6 nitrogen and oxygen atoms in total. The predicted molar refractivity (Wildman–Crippen MR) is 92.9 cm³/mol. The number of ether oxygens (including phenoxy) is 1. The second-order valence-corrected chi connectivity index (χ2v) is 7.71. The molecule has 2 aliphatic heterocycles. The van der Waals surface area contributed by atoms with Crippen molar-refractivity contribution in [2.24, 2.45) is 5.92 Å². The van der Waals surface area contributed by atoms with E-state index in [1.54, 1.807) is 0 Å². The fourth-order valence-electron chi connectivity index (χ4n) is 4.46. The van der Waals surface area contributed by atoms with Crippen LogP contribution in [0.25, 0.3) is 0 Å². The van der Waals surface area contributed by atoms with E-state index in [0.29, 0.717) is 25.7 Å². The molecule has 138 valence electrons. The molecular formula is C19H29N3O3. The first kappa shape index (κ1) is 17.0. The average Bonchev–Trinajstić information content (AvgIpc) is 3.28. The number of carbonyl (C=O) groups excluding carboxylic acids is 1. The Morgan fingerprint density at radius 1 is 1.20 bits per heavy atom. The number of nitrogens with one attached hydrogen (secondary N) is 1. The van der Waals surface area contributed by atoms with Crippen LogP contribution < -0.4 is 5.32 Å². The van der Waals surface area contributed by atoms with E-state index in [9.17, 15) is 4.79 Å². The summed E-state index contributed by atoms with van der Waals surface area (Å²) >= 11 is 0. The lowest BCUT2D eigenvalue weighted by Crippen LogP contribution is -2.44. The maximum atomic E-state index is 12.7. The Morgan fingerprint density at radius 3 is 2.96 bits per heavy atom. The SMILES string of the molecule is O=C(NCC1CCCCC1)C1CCCN1Cc1noc2c1COCC2. The average molecular weight is 347 g/mol. The molecule has 0 aromatic carbocycles. The van der Waals surface area contributed by atoms with Crippen LogP contribution in [0.5, 0.6) is 0 Å². The fraction of sp³-hybridized carbons (Fsp3) is 0.789. The van der Waals surface area contributed by atoms with Crippen LogP contribution in [0, 0.1) is 5.92 Å². The van der Waals surface area contributed by atoms with Gasteiger partial charge in [-0.25, -0.2) is 0 Å². The van der Waals surface area contributed by atoms with E-state index in [1.165, 1.54) is 32.1 Å². The van der Waals surface area contributed by atoms with Crippen molar-refractivity contribution in [3.8, 4) is 0 Å². The third-order valence-corrected chi connectivity index (χ3v) is 5.98. The summed E-state index contributed by atoms with van der Waals surface area (Å²) < 4.78 is 11.0. The largest absolute Gasteiger partial charge is 0.376 e. The van der Waals surface area contributed by atoms with Gasteiger partial charge in [0.15, 0.2) is 0 Å². The van der Waals surface area contributed by atoms with Crippen molar-refractivity contribution < 1.29 is 14.1 Å². The molecule has 1 saturated heterocycles. The molecule has 4 rings (SSSR count). The minimum absolute atomic E-state index is 0.0274. The Kier molecular flexibility index (Phi) is 5.36. The summed E-state index contributed by atoms with van der Waals surface area (Å²) in [6.07, 6.45) is 9.32. The van der Waals surface area contributed by atoms with Crippen LogP contribution in [-0.2, 0) is 29.1 Å². The number of aromatic nitrogens is 1. The van der Waals surface area contributed by atoms with Gasteiger partial charge in [-0.2, -0.15) is 0 Å². The van der Waals surface area contributed by atoms with Gasteiger partial charge in [-0.15, -0.1) is 0 Å². The van der Waals surface area contributed by atoms with Crippen LogP contribution in [0.3, 0.4) is 0 Å². The van der Waals surface area contributed by atoms with E-state index < -0.39 is 0 Å². The number of hydrogen-bond donors (Lipinski definition) is 1. The molecule has 0 spiro atoms. The van der Waals surface area contributed by atoms with Crippen molar-refractivity contribution >= 4 is 5.91 Å². The molecular weight excluding hydrogens is 318 g/mol. The standard InChI is InChI=1S/C19H29N3O3/c23-19(20-11-14-5-2-1-3-6-14)17-7-4-9-22(17)12-16-15-13-24-10-8-18(15)25-21-16/h14,17H,1-13H2,(H,20,23). The van der Waals surface area contributed by atoms with E-state index in [-0.39, 0.29) is 11.9 Å². The predicted octanol–water partition coefficient (Wildman–Crippen LogP) is 2.41. The monoisotopic (exact) mass is 347 g/mol. The highest BCUT2D eigenvalue weighted by atomic mass is 16.5. The van der Waals surface area contributed by atoms with Crippen LogP contribution in [0.2, 0.25) is 0 Å². The fourth-order valence-corrected chi connectivity index (χ4v) is 4.46. The third-order valence-electron chi connectivity index (χ3n) is 5.98. The molecule has 2 fully saturated rings. The van der Waals surface area contributed by atoms with Crippen LogP contribution in [0.15, 0.2) is 4.52 Å². The quantitative estimate of drug-likeness (QED) is 0.886. The first-order valence-electron chi connectivity index (χ1n) is 9.87. The minimum atomic E-state index is -0.0274.